The van der Waals surface area contributed by atoms with E-state index in [0.717, 1.165) is 10.6 Å². The summed E-state index contributed by atoms with van der Waals surface area (Å²) < 4.78 is 13.7. The van der Waals surface area contributed by atoms with Crippen LogP contribution in [-0.4, -0.2) is 0 Å². The van der Waals surface area contributed by atoms with Gasteiger partial charge in [-0.1, -0.05) is 91.0 Å². The van der Waals surface area contributed by atoms with Gasteiger partial charge >= 0.3 is 0 Å². The summed E-state index contributed by atoms with van der Waals surface area (Å²) in [5.41, 5.74) is 1.19. The van der Waals surface area contributed by atoms with E-state index in [1.54, 1.807) is 5.82 Å². The lowest BCUT2D eigenvalue weighted by Crippen LogP contribution is -2.15. The van der Waals surface area contributed by atoms with Crippen LogP contribution in [0.1, 0.15) is 5.56 Å². The molecule has 0 atom stereocenters. The molecule has 0 aliphatic carbocycles. The molecule has 0 unspecified atom stereocenters. The van der Waals surface area contributed by atoms with Gasteiger partial charge in [0.25, 0.3) is 0 Å². The van der Waals surface area contributed by atoms with E-state index in [1.807, 2.05) is 85.1 Å². The average molecular weight is 333 g/mol. The summed E-state index contributed by atoms with van der Waals surface area (Å²) in [6.07, 6.45) is 1.81. The summed E-state index contributed by atoms with van der Waals surface area (Å²) >= 11 is 0. The van der Waals surface area contributed by atoms with Gasteiger partial charge in [-0.25, -0.2) is 0 Å². The molecule has 0 bridgehead atoms. The van der Waals surface area contributed by atoms with E-state index in [4.69, 9.17) is 0 Å². The minimum absolute atomic E-state index is 0.709. The molecule has 3 aromatic carbocycles. The maximum Gasteiger partial charge on any atom is 0.165 e. The highest BCUT2D eigenvalue weighted by Crippen LogP contribution is 2.44. The minimum Gasteiger partial charge on any atom is -0.387 e. The predicted molar refractivity (Wildman–Crippen MR) is 102 cm³/mol. The van der Waals surface area contributed by atoms with Crippen molar-refractivity contribution in [2.45, 2.75) is 6.54 Å². The van der Waals surface area contributed by atoms with Crippen molar-refractivity contribution in [3.63, 3.8) is 0 Å². The van der Waals surface area contributed by atoms with E-state index in [9.17, 15) is 4.57 Å². The molecule has 0 saturated carbocycles. The van der Waals surface area contributed by atoms with Gasteiger partial charge in [-0.15, -0.1) is 0 Å². The van der Waals surface area contributed by atoms with E-state index in [-0.39, 0.29) is 0 Å². The van der Waals surface area contributed by atoms with Crippen molar-refractivity contribution >= 4 is 17.8 Å². The van der Waals surface area contributed by atoms with E-state index in [0.29, 0.717) is 6.54 Å². The molecule has 120 valence electrons. The molecular formula is C21H20NOP. The molecule has 24 heavy (non-hydrogen) atoms. The summed E-state index contributed by atoms with van der Waals surface area (Å²) in [5.74, 6) is 1.81. The van der Waals surface area contributed by atoms with E-state index in [2.05, 4.69) is 17.4 Å². The van der Waals surface area contributed by atoms with Crippen LogP contribution in [0.4, 0.5) is 0 Å². The highest BCUT2D eigenvalue weighted by molar-refractivity contribution is 7.81. The molecule has 1 N–H and O–H groups in total. The zero-order chi connectivity index (χ0) is 16.7. The summed E-state index contributed by atoms with van der Waals surface area (Å²) in [6, 6.07) is 29.4. The standard InChI is InChI=1S/C21H20NOP/c23-24(20-12-6-2-7-13-20,21-14-8-3-9-15-21)17-16-22-18-19-10-4-1-5-11-19/h1-17,22H,18H2/b17-16+. The average Bonchev–Trinajstić information content (AvgIpc) is 2.67. The number of hydrogen-bond donors (Lipinski definition) is 1. The van der Waals surface area contributed by atoms with Gasteiger partial charge < -0.3 is 9.88 Å². The molecule has 0 aliphatic rings. The SMILES string of the molecule is O=P(/C=C/NCc1ccccc1)(c1ccccc1)c1ccccc1. The molecular weight excluding hydrogens is 313 g/mol. The number of hydrogen-bond acceptors (Lipinski definition) is 2. The first-order chi connectivity index (χ1) is 11.8. The Labute approximate surface area is 143 Å². The third-order valence-electron chi connectivity index (χ3n) is 3.83. The van der Waals surface area contributed by atoms with Crippen molar-refractivity contribution < 1.29 is 4.57 Å². The summed E-state index contributed by atoms with van der Waals surface area (Å²) in [6.45, 7) is 0.709. The normalized spacial score (nSPS) is 11.5. The van der Waals surface area contributed by atoms with Crippen molar-refractivity contribution in [2.24, 2.45) is 0 Å². The van der Waals surface area contributed by atoms with Gasteiger partial charge in [0.1, 0.15) is 0 Å². The molecule has 0 fully saturated rings. The van der Waals surface area contributed by atoms with Gasteiger partial charge in [-0.3, -0.25) is 0 Å². The Balaban J connectivity index is 1.83. The topological polar surface area (TPSA) is 29.1 Å². The van der Waals surface area contributed by atoms with E-state index < -0.39 is 7.14 Å². The molecule has 0 radical (unpaired) electrons. The summed E-state index contributed by atoms with van der Waals surface area (Å²) in [7, 11) is -2.79. The van der Waals surface area contributed by atoms with E-state index in [1.165, 1.54) is 5.56 Å². The molecule has 0 saturated heterocycles. The fraction of sp³-hybridized carbons (Fsp3) is 0.0476. The van der Waals surface area contributed by atoms with Crippen LogP contribution in [-0.2, 0) is 11.1 Å². The first-order valence-corrected chi connectivity index (χ1v) is 9.73. The van der Waals surface area contributed by atoms with Crippen LogP contribution in [0.2, 0.25) is 0 Å². The Morgan fingerprint density at radius 3 is 1.67 bits per heavy atom. The Bertz CT molecular complexity index is 786. The second-order valence-electron chi connectivity index (χ2n) is 5.51. The zero-order valence-corrected chi connectivity index (χ0v) is 14.3. The highest BCUT2D eigenvalue weighted by Gasteiger charge is 2.23. The first-order valence-electron chi connectivity index (χ1n) is 7.95. The lowest BCUT2D eigenvalue weighted by Gasteiger charge is -2.15. The zero-order valence-electron chi connectivity index (χ0n) is 13.4. The van der Waals surface area contributed by atoms with Gasteiger partial charge in [0.05, 0.1) is 0 Å². The smallest absolute Gasteiger partial charge is 0.165 e. The van der Waals surface area contributed by atoms with Crippen molar-refractivity contribution in [2.75, 3.05) is 0 Å². The van der Waals surface area contributed by atoms with Crippen molar-refractivity contribution in [1.29, 1.82) is 0 Å². The largest absolute Gasteiger partial charge is 0.387 e. The summed E-state index contributed by atoms with van der Waals surface area (Å²) in [4.78, 5) is 0. The van der Waals surface area contributed by atoms with Crippen LogP contribution in [0.25, 0.3) is 0 Å². The van der Waals surface area contributed by atoms with Crippen LogP contribution in [0.3, 0.4) is 0 Å². The second kappa shape index (κ2) is 7.81. The van der Waals surface area contributed by atoms with Gasteiger partial charge in [-0.2, -0.15) is 0 Å². The first kappa shape index (κ1) is 16.3. The van der Waals surface area contributed by atoms with Crippen molar-refractivity contribution in [3.8, 4) is 0 Å². The van der Waals surface area contributed by atoms with Gasteiger partial charge in [0.2, 0.25) is 0 Å². The van der Waals surface area contributed by atoms with Gasteiger partial charge in [-0.05, 0) is 11.4 Å². The van der Waals surface area contributed by atoms with E-state index >= 15 is 0 Å². The lowest BCUT2D eigenvalue weighted by molar-refractivity contribution is 0.592. The lowest BCUT2D eigenvalue weighted by atomic mass is 10.2. The predicted octanol–water partition coefficient (Wildman–Crippen LogP) is 4.26. The number of rotatable bonds is 6. The molecule has 0 spiro atoms. The Morgan fingerprint density at radius 2 is 1.17 bits per heavy atom. The number of nitrogens with one attached hydrogen (secondary N) is 1. The maximum absolute atomic E-state index is 13.7. The molecule has 0 aromatic heterocycles. The molecule has 0 amide bonds. The van der Waals surface area contributed by atoms with Crippen LogP contribution >= 0.6 is 7.14 Å². The fourth-order valence-corrected chi connectivity index (χ4v) is 4.74. The number of benzene rings is 3. The Morgan fingerprint density at radius 1 is 0.708 bits per heavy atom. The van der Waals surface area contributed by atoms with Crippen LogP contribution < -0.4 is 15.9 Å². The molecule has 0 heterocycles. The maximum atomic E-state index is 13.7. The van der Waals surface area contributed by atoms with Crippen molar-refractivity contribution in [1.82, 2.24) is 5.32 Å². The molecule has 2 nitrogen and oxygen atoms in total. The highest BCUT2D eigenvalue weighted by atomic mass is 31.2. The van der Waals surface area contributed by atoms with Crippen LogP contribution in [0.5, 0.6) is 0 Å². The fourth-order valence-electron chi connectivity index (χ4n) is 2.55. The van der Waals surface area contributed by atoms with Gasteiger partial charge in [0, 0.05) is 23.4 Å². The monoisotopic (exact) mass is 333 g/mol. The Kier molecular flexibility index (Phi) is 5.30. The molecule has 3 rings (SSSR count). The molecule has 3 heteroatoms. The third-order valence-corrected chi connectivity index (χ3v) is 6.53. The van der Waals surface area contributed by atoms with Crippen LogP contribution in [0.15, 0.2) is 103 Å². The quantitative estimate of drug-likeness (QED) is 0.683. The van der Waals surface area contributed by atoms with Gasteiger partial charge in [0.15, 0.2) is 7.14 Å². The second-order valence-corrected chi connectivity index (χ2v) is 8.16. The minimum atomic E-state index is -2.79. The third kappa shape index (κ3) is 3.84. The molecule has 3 aromatic rings. The molecule has 0 aliphatic heterocycles. The Hall–Kier alpha value is -2.57. The summed E-state index contributed by atoms with van der Waals surface area (Å²) in [5, 5.41) is 4.93. The van der Waals surface area contributed by atoms with Crippen LogP contribution in [0, 0.1) is 0 Å². The van der Waals surface area contributed by atoms with Crippen molar-refractivity contribution in [3.05, 3.63) is 109 Å².